The Morgan fingerprint density at radius 1 is 1.18 bits per heavy atom. The topological polar surface area (TPSA) is 85.6 Å². The van der Waals surface area contributed by atoms with E-state index in [9.17, 15) is 13.6 Å². The molecule has 4 heterocycles. The summed E-state index contributed by atoms with van der Waals surface area (Å²) in [7, 11) is 0. The van der Waals surface area contributed by atoms with E-state index >= 15 is 0 Å². The molecule has 1 unspecified atom stereocenters. The molecule has 1 aliphatic heterocycles. The van der Waals surface area contributed by atoms with Gasteiger partial charge in [-0.1, -0.05) is 31.0 Å². The maximum atomic E-state index is 14.2. The molecule has 1 N–H and O–H groups in total. The molecule has 3 aromatic heterocycles. The molecule has 1 atom stereocenters. The molecule has 0 saturated heterocycles. The Labute approximate surface area is 187 Å². The van der Waals surface area contributed by atoms with E-state index < -0.39 is 11.2 Å². The lowest BCUT2D eigenvalue weighted by molar-refractivity contribution is -0.120. The molecule has 6 rings (SSSR count). The van der Waals surface area contributed by atoms with Crippen molar-refractivity contribution in [3.63, 3.8) is 0 Å². The van der Waals surface area contributed by atoms with Crippen LogP contribution in [0.5, 0.6) is 0 Å². The Kier molecular flexibility index (Phi) is 4.30. The first kappa shape index (κ1) is 19.9. The number of amides is 1. The van der Waals surface area contributed by atoms with Crippen LogP contribution in [-0.2, 0) is 16.8 Å². The maximum Gasteiger partial charge on any atom is 0.236 e. The summed E-state index contributed by atoms with van der Waals surface area (Å²) in [5.41, 5.74) is 1.25. The van der Waals surface area contributed by atoms with Gasteiger partial charge in [0.2, 0.25) is 5.91 Å². The van der Waals surface area contributed by atoms with Crippen LogP contribution < -0.4 is 5.32 Å². The Morgan fingerprint density at radius 3 is 2.79 bits per heavy atom. The fraction of sp³-hybridized carbons (Fsp3) is 0.292. The van der Waals surface area contributed by atoms with Gasteiger partial charge in [0.1, 0.15) is 23.1 Å². The van der Waals surface area contributed by atoms with E-state index in [0.29, 0.717) is 34.0 Å². The molecule has 7 nitrogen and oxygen atoms in total. The van der Waals surface area contributed by atoms with Crippen molar-refractivity contribution in [2.24, 2.45) is 5.92 Å². The molecule has 33 heavy (non-hydrogen) atoms. The molecule has 1 fully saturated rings. The van der Waals surface area contributed by atoms with Gasteiger partial charge in [-0.2, -0.15) is 5.10 Å². The first-order valence-corrected chi connectivity index (χ1v) is 10.9. The van der Waals surface area contributed by atoms with Crippen molar-refractivity contribution in [3.8, 4) is 11.5 Å². The first-order chi connectivity index (χ1) is 15.9. The molecular formula is C24H20F2N6O. The summed E-state index contributed by atoms with van der Waals surface area (Å²) in [6, 6.07) is 7.70. The minimum Gasteiger partial charge on any atom is -0.310 e. The predicted molar refractivity (Wildman–Crippen MR) is 117 cm³/mol. The molecule has 1 aromatic carbocycles. The largest absolute Gasteiger partial charge is 0.310 e. The highest BCUT2D eigenvalue weighted by molar-refractivity contribution is 6.05. The number of benzene rings is 1. The zero-order chi connectivity index (χ0) is 22.7. The highest BCUT2D eigenvalue weighted by Gasteiger charge is 2.47. The van der Waals surface area contributed by atoms with E-state index in [2.05, 4.69) is 25.4 Å². The van der Waals surface area contributed by atoms with E-state index in [1.165, 1.54) is 16.8 Å². The third-order valence-electron chi connectivity index (χ3n) is 6.55. The zero-order valence-corrected chi connectivity index (χ0v) is 17.8. The Morgan fingerprint density at radius 2 is 2.00 bits per heavy atom. The third kappa shape index (κ3) is 3.26. The number of aromatic nitrogens is 5. The van der Waals surface area contributed by atoms with E-state index in [1.807, 2.05) is 6.92 Å². The summed E-state index contributed by atoms with van der Waals surface area (Å²) in [5.74, 6) is 0.276. The Balaban J connectivity index is 1.44. The zero-order valence-electron chi connectivity index (χ0n) is 17.8. The molecule has 0 spiro atoms. The van der Waals surface area contributed by atoms with Crippen molar-refractivity contribution in [2.75, 3.05) is 5.32 Å². The van der Waals surface area contributed by atoms with Gasteiger partial charge in [-0.05, 0) is 31.4 Å². The summed E-state index contributed by atoms with van der Waals surface area (Å²) >= 11 is 0. The second kappa shape index (κ2) is 7.13. The van der Waals surface area contributed by atoms with Crippen LogP contribution in [0.25, 0.3) is 22.6 Å². The summed E-state index contributed by atoms with van der Waals surface area (Å²) in [4.78, 5) is 26.0. The van der Waals surface area contributed by atoms with Crippen molar-refractivity contribution in [1.29, 1.82) is 0 Å². The molecule has 1 saturated carbocycles. The van der Waals surface area contributed by atoms with E-state index in [-0.39, 0.29) is 24.1 Å². The Bertz CT molecular complexity index is 1430. The SMILES string of the molecule is CC1(CC2CC2)C(=O)Nc2nc(-c3nn(Cc4ccccc4F)c4ncc(F)cc34)ncc21. The first-order valence-electron chi connectivity index (χ1n) is 10.9. The number of nitrogens with zero attached hydrogens (tertiary/aromatic N) is 5. The van der Waals surface area contributed by atoms with Crippen LogP contribution >= 0.6 is 0 Å². The summed E-state index contributed by atoms with van der Waals surface area (Å²) in [6.07, 6.45) is 5.80. The number of halogens is 2. The summed E-state index contributed by atoms with van der Waals surface area (Å²) in [6.45, 7) is 2.04. The van der Waals surface area contributed by atoms with Gasteiger partial charge < -0.3 is 5.32 Å². The summed E-state index contributed by atoms with van der Waals surface area (Å²) < 4.78 is 29.8. The third-order valence-corrected chi connectivity index (χ3v) is 6.55. The van der Waals surface area contributed by atoms with Gasteiger partial charge >= 0.3 is 0 Å². The lowest BCUT2D eigenvalue weighted by Gasteiger charge is -2.21. The molecule has 0 bridgehead atoms. The van der Waals surface area contributed by atoms with Crippen LogP contribution in [0, 0.1) is 17.6 Å². The number of carbonyl (C=O) groups excluding carboxylic acids is 1. The second-order valence-corrected chi connectivity index (χ2v) is 9.01. The van der Waals surface area contributed by atoms with Crippen LogP contribution in [0.15, 0.2) is 42.7 Å². The number of rotatable bonds is 5. The lowest BCUT2D eigenvalue weighted by Crippen LogP contribution is -2.31. The van der Waals surface area contributed by atoms with Crippen LogP contribution in [0.3, 0.4) is 0 Å². The van der Waals surface area contributed by atoms with Crippen molar-refractivity contribution >= 4 is 22.8 Å². The normalized spacial score (nSPS) is 19.7. The number of nitrogens with one attached hydrogen (secondary N) is 1. The fourth-order valence-corrected chi connectivity index (χ4v) is 4.56. The number of pyridine rings is 1. The van der Waals surface area contributed by atoms with Crippen LogP contribution in [-0.4, -0.2) is 30.6 Å². The van der Waals surface area contributed by atoms with E-state index in [1.54, 1.807) is 24.4 Å². The lowest BCUT2D eigenvalue weighted by atomic mass is 9.80. The van der Waals surface area contributed by atoms with Gasteiger partial charge in [0, 0.05) is 17.3 Å². The standard InChI is InChI=1S/C24H20F2N6O/c1-24(9-13-6-7-13)17-11-27-21(29-20(17)30-23(24)33)19-16-8-15(25)10-28-22(16)32(31-19)12-14-4-2-3-5-18(14)26/h2-5,8,10-11,13H,6-7,9,12H2,1H3,(H,27,29,30,33). The molecule has 166 valence electrons. The van der Waals surface area contributed by atoms with Crippen molar-refractivity contribution in [1.82, 2.24) is 24.7 Å². The smallest absolute Gasteiger partial charge is 0.236 e. The Hall–Kier alpha value is -3.75. The number of anilines is 1. The van der Waals surface area contributed by atoms with Crippen LogP contribution in [0.4, 0.5) is 14.6 Å². The number of hydrogen-bond acceptors (Lipinski definition) is 5. The van der Waals surface area contributed by atoms with Gasteiger partial charge in [0.15, 0.2) is 11.5 Å². The van der Waals surface area contributed by atoms with E-state index in [4.69, 9.17) is 0 Å². The fourth-order valence-electron chi connectivity index (χ4n) is 4.56. The van der Waals surface area contributed by atoms with Gasteiger partial charge in [-0.15, -0.1) is 0 Å². The second-order valence-electron chi connectivity index (χ2n) is 9.01. The summed E-state index contributed by atoms with van der Waals surface area (Å²) in [5, 5.41) is 7.85. The molecule has 4 aromatic rings. The quantitative estimate of drug-likeness (QED) is 0.496. The van der Waals surface area contributed by atoms with Gasteiger partial charge in [-0.3, -0.25) is 4.79 Å². The minimum absolute atomic E-state index is 0.0847. The van der Waals surface area contributed by atoms with Crippen molar-refractivity contribution in [2.45, 2.75) is 38.1 Å². The van der Waals surface area contributed by atoms with Gasteiger partial charge in [0.05, 0.1) is 23.5 Å². The number of hydrogen-bond donors (Lipinski definition) is 1. The molecular weight excluding hydrogens is 426 g/mol. The number of fused-ring (bicyclic) bond motifs is 2. The van der Waals surface area contributed by atoms with Crippen LogP contribution in [0.1, 0.15) is 37.3 Å². The minimum atomic E-state index is -0.658. The van der Waals surface area contributed by atoms with Gasteiger partial charge in [-0.25, -0.2) is 28.4 Å². The average Bonchev–Trinajstić information content (AvgIpc) is 3.48. The molecule has 2 aliphatic rings. The molecule has 9 heteroatoms. The predicted octanol–water partition coefficient (Wildman–Crippen LogP) is 4.22. The molecule has 0 radical (unpaired) electrons. The maximum absolute atomic E-state index is 14.2. The molecule has 1 aliphatic carbocycles. The number of carbonyl (C=O) groups is 1. The van der Waals surface area contributed by atoms with E-state index in [0.717, 1.165) is 31.0 Å². The van der Waals surface area contributed by atoms with Crippen molar-refractivity contribution in [3.05, 3.63) is 65.5 Å². The average molecular weight is 446 g/mol. The van der Waals surface area contributed by atoms with Gasteiger partial charge in [0.25, 0.3) is 0 Å². The molecule has 1 amide bonds. The monoisotopic (exact) mass is 446 g/mol. The van der Waals surface area contributed by atoms with Crippen molar-refractivity contribution < 1.29 is 13.6 Å². The highest BCUT2D eigenvalue weighted by atomic mass is 19.1. The van der Waals surface area contributed by atoms with Crippen LogP contribution in [0.2, 0.25) is 0 Å². The highest BCUT2D eigenvalue weighted by Crippen LogP contribution is 2.47.